The topological polar surface area (TPSA) is 43.1 Å². The average molecular weight is 141 g/mol. The smallest absolute Gasteiger partial charge is 0.320 e. The lowest BCUT2D eigenvalue weighted by Crippen LogP contribution is -2.37. The van der Waals surface area contributed by atoms with Crippen molar-refractivity contribution >= 4 is 6.29 Å². The Hall–Kier alpha value is -0.580. The Morgan fingerprint density at radius 1 is 1.56 bits per heavy atom. The van der Waals surface area contributed by atoms with Gasteiger partial charge in [0.25, 0.3) is 0 Å². The van der Waals surface area contributed by atoms with Crippen LogP contribution in [0.15, 0.2) is 0 Å². The minimum atomic E-state index is -4.44. The number of hydrogen-bond donors (Lipinski definition) is 1. The maximum Gasteiger partial charge on any atom is 0.404 e. The Kier molecular flexibility index (Phi) is 2.64. The number of aldehydes is 1. The minimum absolute atomic E-state index is 0.151. The molecule has 0 radical (unpaired) electrons. The second-order valence-electron chi connectivity index (χ2n) is 1.55. The Labute approximate surface area is 49.8 Å². The summed E-state index contributed by atoms with van der Waals surface area (Å²) in [5.41, 5.74) is 4.51. The molecule has 0 amide bonds. The molecule has 0 spiro atoms. The van der Waals surface area contributed by atoms with E-state index in [4.69, 9.17) is 0 Å². The number of carbonyl (C=O) groups excluding carboxylic acids is 1. The van der Waals surface area contributed by atoms with E-state index in [0.717, 1.165) is 0 Å². The van der Waals surface area contributed by atoms with Crippen LogP contribution in [0.25, 0.3) is 0 Å². The van der Waals surface area contributed by atoms with Crippen molar-refractivity contribution in [2.24, 2.45) is 5.73 Å². The van der Waals surface area contributed by atoms with Crippen LogP contribution in [-0.4, -0.2) is 18.5 Å². The van der Waals surface area contributed by atoms with Crippen molar-refractivity contribution in [1.29, 1.82) is 0 Å². The lowest BCUT2D eigenvalue weighted by molar-refractivity contribution is -0.151. The summed E-state index contributed by atoms with van der Waals surface area (Å²) in [6.07, 6.45) is -4.96. The van der Waals surface area contributed by atoms with E-state index in [1.165, 1.54) is 0 Å². The summed E-state index contributed by atoms with van der Waals surface area (Å²) in [5.74, 6) is 0. The van der Waals surface area contributed by atoms with Gasteiger partial charge in [0.05, 0.1) is 0 Å². The first-order valence-corrected chi connectivity index (χ1v) is 2.24. The maximum absolute atomic E-state index is 11.4. The van der Waals surface area contributed by atoms with Gasteiger partial charge in [0.2, 0.25) is 0 Å². The van der Waals surface area contributed by atoms with Crippen molar-refractivity contribution in [3.05, 3.63) is 0 Å². The van der Waals surface area contributed by atoms with Crippen LogP contribution < -0.4 is 5.73 Å². The highest BCUT2D eigenvalue weighted by atomic mass is 19.4. The summed E-state index contributed by atoms with van der Waals surface area (Å²) in [6, 6.07) is -2.00. The molecule has 0 rings (SSSR count). The Bertz CT molecular complexity index is 100. The van der Waals surface area contributed by atoms with Gasteiger partial charge in [0.15, 0.2) is 0 Å². The fourth-order valence-electron chi connectivity index (χ4n) is 0.237. The first kappa shape index (κ1) is 8.42. The highest BCUT2D eigenvalue weighted by Gasteiger charge is 2.35. The summed E-state index contributed by atoms with van der Waals surface area (Å²) in [7, 11) is 0. The van der Waals surface area contributed by atoms with E-state index in [9.17, 15) is 18.0 Å². The van der Waals surface area contributed by atoms with Gasteiger partial charge in [0, 0.05) is 6.42 Å². The van der Waals surface area contributed by atoms with E-state index >= 15 is 0 Å². The molecule has 0 heterocycles. The summed E-state index contributed by atoms with van der Waals surface area (Å²) in [4.78, 5) is 9.48. The quantitative estimate of drug-likeness (QED) is 0.568. The first-order chi connectivity index (χ1) is 3.98. The SMILES string of the molecule is NC(CC=O)C(F)(F)F. The van der Waals surface area contributed by atoms with E-state index < -0.39 is 18.6 Å². The predicted octanol–water partition coefficient (Wildman–Crippen LogP) is 0.465. The number of rotatable bonds is 2. The number of carbonyl (C=O) groups is 1. The first-order valence-electron chi connectivity index (χ1n) is 2.24. The highest BCUT2D eigenvalue weighted by molar-refractivity contribution is 5.50. The normalized spacial score (nSPS) is 15.1. The molecule has 1 unspecified atom stereocenters. The van der Waals surface area contributed by atoms with Gasteiger partial charge in [-0.3, -0.25) is 0 Å². The maximum atomic E-state index is 11.4. The van der Waals surface area contributed by atoms with Crippen molar-refractivity contribution in [2.75, 3.05) is 0 Å². The molecule has 0 saturated carbocycles. The fourth-order valence-corrected chi connectivity index (χ4v) is 0.237. The lowest BCUT2D eigenvalue weighted by atomic mass is 10.2. The Morgan fingerprint density at radius 3 is 2.11 bits per heavy atom. The molecule has 0 aliphatic rings. The van der Waals surface area contributed by atoms with Crippen LogP contribution in [0.5, 0.6) is 0 Å². The Balaban J connectivity index is 3.72. The molecule has 0 saturated heterocycles. The van der Waals surface area contributed by atoms with Gasteiger partial charge >= 0.3 is 6.18 Å². The zero-order valence-corrected chi connectivity index (χ0v) is 4.48. The van der Waals surface area contributed by atoms with Crippen LogP contribution in [0.2, 0.25) is 0 Å². The highest BCUT2D eigenvalue weighted by Crippen LogP contribution is 2.19. The molecule has 2 nitrogen and oxygen atoms in total. The van der Waals surface area contributed by atoms with Crippen LogP contribution in [0.4, 0.5) is 13.2 Å². The van der Waals surface area contributed by atoms with Crippen molar-refractivity contribution in [3.63, 3.8) is 0 Å². The molecule has 1 atom stereocenters. The van der Waals surface area contributed by atoms with Crippen LogP contribution >= 0.6 is 0 Å². The summed E-state index contributed by atoms with van der Waals surface area (Å²) in [5, 5.41) is 0. The van der Waals surface area contributed by atoms with Crippen molar-refractivity contribution in [3.8, 4) is 0 Å². The van der Waals surface area contributed by atoms with Crippen LogP contribution in [0.3, 0.4) is 0 Å². The van der Waals surface area contributed by atoms with Crippen molar-refractivity contribution in [1.82, 2.24) is 0 Å². The van der Waals surface area contributed by atoms with E-state index in [1.54, 1.807) is 0 Å². The predicted molar refractivity (Wildman–Crippen MR) is 24.7 cm³/mol. The van der Waals surface area contributed by atoms with Crippen LogP contribution in [-0.2, 0) is 4.79 Å². The van der Waals surface area contributed by atoms with E-state index in [2.05, 4.69) is 5.73 Å². The third-order valence-corrected chi connectivity index (χ3v) is 0.771. The zero-order valence-electron chi connectivity index (χ0n) is 4.48. The van der Waals surface area contributed by atoms with E-state index in [0.29, 0.717) is 0 Å². The summed E-state index contributed by atoms with van der Waals surface area (Å²) < 4.78 is 34.1. The number of hydrogen-bond acceptors (Lipinski definition) is 2. The van der Waals surface area contributed by atoms with E-state index in [-0.39, 0.29) is 6.29 Å². The largest absolute Gasteiger partial charge is 0.404 e. The fraction of sp³-hybridized carbons (Fsp3) is 0.750. The molecule has 54 valence electrons. The van der Waals surface area contributed by atoms with Gasteiger partial charge in [-0.2, -0.15) is 13.2 Å². The molecular formula is C4H6F3NO. The lowest BCUT2D eigenvalue weighted by Gasteiger charge is -2.11. The average Bonchev–Trinajstić information content (AvgIpc) is 1.64. The van der Waals surface area contributed by atoms with Crippen molar-refractivity contribution in [2.45, 2.75) is 18.6 Å². The van der Waals surface area contributed by atoms with Gasteiger partial charge in [-0.1, -0.05) is 0 Å². The van der Waals surface area contributed by atoms with Gasteiger partial charge in [0.1, 0.15) is 12.3 Å². The molecule has 0 fully saturated rings. The van der Waals surface area contributed by atoms with Crippen LogP contribution in [0.1, 0.15) is 6.42 Å². The number of alkyl halides is 3. The molecule has 9 heavy (non-hydrogen) atoms. The molecule has 0 aromatic carbocycles. The van der Waals surface area contributed by atoms with Gasteiger partial charge in [-0.15, -0.1) is 0 Å². The molecule has 0 aromatic heterocycles. The second kappa shape index (κ2) is 2.82. The van der Waals surface area contributed by atoms with Crippen LogP contribution in [0, 0.1) is 0 Å². The molecule has 0 aromatic rings. The zero-order chi connectivity index (χ0) is 7.49. The molecule has 2 N–H and O–H groups in total. The minimum Gasteiger partial charge on any atom is -0.320 e. The monoisotopic (exact) mass is 141 g/mol. The molecule has 5 heteroatoms. The van der Waals surface area contributed by atoms with E-state index in [1.807, 2.05) is 0 Å². The van der Waals surface area contributed by atoms with Gasteiger partial charge < -0.3 is 10.5 Å². The second-order valence-corrected chi connectivity index (χ2v) is 1.55. The third-order valence-electron chi connectivity index (χ3n) is 0.771. The Morgan fingerprint density at radius 2 is 2.00 bits per heavy atom. The molecule has 0 aliphatic heterocycles. The molecule has 0 aliphatic carbocycles. The summed E-state index contributed by atoms with van der Waals surface area (Å²) >= 11 is 0. The van der Waals surface area contributed by atoms with Gasteiger partial charge in [-0.05, 0) is 0 Å². The summed E-state index contributed by atoms with van der Waals surface area (Å²) in [6.45, 7) is 0. The van der Waals surface area contributed by atoms with Gasteiger partial charge in [-0.25, -0.2) is 0 Å². The third kappa shape index (κ3) is 3.07. The standard InChI is InChI=1S/C4H6F3NO/c5-4(6,7)3(8)1-2-9/h2-3H,1,8H2. The molecular weight excluding hydrogens is 135 g/mol. The molecule has 0 bridgehead atoms. The number of halogens is 3. The number of nitrogens with two attached hydrogens (primary N) is 1. The van der Waals surface area contributed by atoms with Crippen molar-refractivity contribution < 1.29 is 18.0 Å².